The van der Waals surface area contributed by atoms with Crippen molar-refractivity contribution in [1.82, 2.24) is 8.80 Å². The lowest BCUT2D eigenvalue weighted by atomic mass is 10.2. The van der Waals surface area contributed by atoms with Gasteiger partial charge < -0.3 is 27.7 Å². The Morgan fingerprint density at radius 3 is 1.29 bits per heavy atom. The van der Waals surface area contributed by atoms with Gasteiger partial charge in [0.1, 0.15) is 11.4 Å². The summed E-state index contributed by atoms with van der Waals surface area (Å²) in [6.45, 7) is 7.56. The number of aromatic nitrogens is 2. The Hall–Kier alpha value is -3.90. The van der Waals surface area contributed by atoms with Crippen molar-refractivity contribution in [2.24, 2.45) is 0 Å². The van der Waals surface area contributed by atoms with Crippen LogP contribution in [0.3, 0.4) is 0 Å². The number of hydrogen-bond donors (Lipinski definition) is 0. The van der Waals surface area contributed by atoms with E-state index in [-0.39, 0.29) is 48.9 Å². The number of hydrogen-bond acceptors (Lipinski definition) is 10. The summed E-state index contributed by atoms with van der Waals surface area (Å²) < 4.78 is 24.6. The molecule has 12 heteroatoms. The highest BCUT2D eigenvalue weighted by atomic mass is 32.2. The maximum atomic E-state index is 13.1. The Morgan fingerprint density at radius 1 is 0.571 bits per heavy atom. The first-order valence-electron chi connectivity index (χ1n) is 13.6. The minimum absolute atomic E-state index is 0.170. The first-order chi connectivity index (χ1) is 20.4. The highest BCUT2D eigenvalue weighted by Crippen LogP contribution is 2.37. The van der Waals surface area contributed by atoms with Crippen molar-refractivity contribution >= 4 is 58.4 Å². The molecule has 0 aliphatic carbocycles. The van der Waals surface area contributed by atoms with Gasteiger partial charge in [-0.05, 0) is 52.0 Å². The fourth-order valence-electron chi connectivity index (χ4n) is 4.52. The van der Waals surface area contributed by atoms with Crippen molar-refractivity contribution in [2.75, 3.05) is 37.9 Å². The maximum absolute atomic E-state index is 13.1. The van der Waals surface area contributed by atoms with Crippen LogP contribution >= 0.6 is 23.5 Å². The van der Waals surface area contributed by atoms with Crippen LogP contribution in [0.15, 0.2) is 58.6 Å². The van der Waals surface area contributed by atoms with Crippen LogP contribution in [0, 0.1) is 0 Å². The van der Waals surface area contributed by atoms with E-state index < -0.39 is 23.9 Å². The number of rotatable bonds is 13. The van der Waals surface area contributed by atoms with E-state index >= 15 is 0 Å². The molecule has 222 valence electrons. The van der Waals surface area contributed by atoms with Crippen LogP contribution in [0.4, 0.5) is 0 Å². The van der Waals surface area contributed by atoms with Gasteiger partial charge in [0.15, 0.2) is 0 Å². The molecular formula is C30H32N2O8S2. The number of nitrogens with zero attached hydrogens (tertiary/aromatic N) is 2. The summed E-state index contributed by atoms with van der Waals surface area (Å²) in [7, 11) is 0. The van der Waals surface area contributed by atoms with Crippen LogP contribution in [-0.4, -0.2) is 70.6 Å². The molecule has 0 radical (unpaired) electrons. The van der Waals surface area contributed by atoms with Gasteiger partial charge in [-0.2, -0.15) is 0 Å². The fraction of sp³-hybridized carbons (Fsp3) is 0.333. The zero-order valence-corrected chi connectivity index (χ0v) is 25.5. The lowest BCUT2D eigenvalue weighted by molar-refractivity contribution is 0.0498. The summed E-state index contributed by atoms with van der Waals surface area (Å²) in [5, 5.41) is 0. The molecule has 0 spiro atoms. The quantitative estimate of drug-likeness (QED) is 0.0796. The molecule has 0 bridgehead atoms. The lowest BCUT2D eigenvalue weighted by Gasteiger charge is -2.09. The molecule has 4 rings (SSSR count). The minimum atomic E-state index is -0.558. The molecule has 4 aromatic heterocycles. The highest BCUT2D eigenvalue weighted by molar-refractivity contribution is 8.03. The van der Waals surface area contributed by atoms with Crippen molar-refractivity contribution in [1.29, 1.82) is 0 Å². The van der Waals surface area contributed by atoms with Crippen LogP contribution in [0.5, 0.6) is 0 Å². The Kier molecular flexibility index (Phi) is 10.6. The van der Waals surface area contributed by atoms with Crippen LogP contribution in [-0.2, 0) is 18.9 Å². The number of pyridine rings is 2. The van der Waals surface area contributed by atoms with Gasteiger partial charge >= 0.3 is 23.9 Å². The van der Waals surface area contributed by atoms with E-state index in [2.05, 4.69) is 0 Å². The Balaban J connectivity index is 1.72. The largest absolute Gasteiger partial charge is 0.462 e. The molecule has 0 atom stereocenters. The second-order valence-electron chi connectivity index (χ2n) is 8.60. The summed E-state index contributed by atoms with van der Waals surface area (Å²) in [6.07, 6.45) is 3.40. The summed E-state index contributed by atoms with van der Waals surface area (Å²) in [4.78, 5) is 53.2. The molecule has 0 saturated heterocycles. The van der Waals surface area contributed by atoms with Gasteiger partial charge in [0.25, 0.3) is 0 Å². The molecule has 0 amide bonds. The van der Waals surface area contributed by atoms with Gasteiger partial charge in [-0.3, -0.25) is 0 Å². The van der Waals surface area contributed by atoms with E-state index in [4.69, 9.17) is 18.9 Å². The molecule has 42 heavy (non-hydrogen) atoms. The first-order valence-corrected chi connectivity index (χ1v) is 15.6. The summed E-state index contributed by atoms with van der Waals surface area (Å²) >= 11 is 2.60. The van der Waals surface area contributed by atoms with Gasteiger partial charge in [-0.15, -0.1) is 23.5 Å². The predicted molar refractivity (Wildman–Crippen MR) is 160 cm³/mol. The Bertz CT molecular complexity index is 1390. The Morgan fingerprint density at radius 2 is 0.929 bits per heavy atom. The standard InChI is InChI=1S/C30H32N2O8S2/c1-5-37-27(33)21-19-13-9-11-15-31(19)23(29(35)39-7-3)25(21)41-17-18-42-26-22(28(34)38-6-2)20-14-10-12-16-32(20)24(26)30(36)40-8-4/h9-16H,5-8,17-18H2,1-4H3. The van der Waals surface area contributed by atoms with E-state index in [9.17, 15) is 19.2 Å². The van der Waals surface area contributed by atoms with Gasteiger partial charge in [0.2, 0.25) is 0 Å². The average molecular weight is 613 g/mol. The van der Waals surface area contributed by atoms with E-state index in [0.29, 0.717) is 32.3 Å². The molecule has 0 fully saturated rings. The predicted octanol–water partition coefficient (Wildman–Crippen LogP) is 5.78. The third kappa shape index (κ3) is 6.14. The molecule has 0 aliphatic rings. The third-order valence-corrected chi connectivity index (χ3v) is 8.52. The molecule has 0 saturated carbocycles. The van der Waals surface area contributed by atoms with E-state index in [1.54, 1.807) is 85.3 Å². The molecule has 4 aromatic rings. The van der Waals surface area contributed by atoms with Crippen molar-refractivity contribution in [3.63, 3.8) is 0 Å². The number of fused-ring (bicyclic) bond motifs is 2. The molecule has 0 unspecified atom stereocenters. The summed E-state index contributed by atoms with van der Waals surface area (Å²) in [5.41, 5.74) is 2.09. The van der Waals surface area contributed by atoms with Crippen LogP contribution in [0.1, 0.15) is 69.4 Å². The summed E-state index contributed by atoms with van der Waals surface area (Å²) in [5.74, 6) is -1.37. The molecule has 0 aromatic carbocycles. The molecule has 0 N–H and O–H groups in total. The van der Waals surface area contributed by atoms with Crippen LogP contribution in [0.2, 0.25) is 0 Å². The number of thioether (sulfide) groups is 2. The second kappa shape index (κ2) is 14.3. The van der Waals surface area contributed by atoms with E-state index in [1.165, 1.54) is 23.5 Å². The third-order valence-electron chi connectivity index (χ3n) is 6.07. The SMILES string of the molecule is CCOC(=O)c1c(SCCSc2c(C(=O)OCC)c3ccccn3c2C(=O)OCC)c(C(=O)OCC)n2ccccc12. The van der Waals surface area contributed by atoms with Gasteiger partial charge in [-0.1, -0.05) is 12.1 Å². The van der Waals surface area contributed by atoms with Crippen molar-refractivity contribution in [3.05, 3.63) is 71.3 Å². The highest BCUT2D eigenvalue weighted by Gasteiger charge is 2.31. The lowest BCUT2D eigenvalue weighted by Crippen LogP contribution is -2.11. The molecular weight excluding hydrogens is 580 g/mol. The molecule has 0 aliphatic heterocycles. The average Bonchev–Trinajstić information content (AvgIpc) is 3.48. The van der Waals surface area contributed by atoms with E-state index in [1.807, 2.05) is 0 Å². The number of esters is 4. The molecule has 4 heterocycles. The van der Waals surface area contributed by atoms with Gasteiger partial charge in [-0.25, -0.2) is 19.2 Å². The number of ether oxygens (including phenoxy) is 4. The summed E-state index contributed by atoms with van der Waals surface area (Å²) in [6, 6.07) is 10.6. The zero-order valence-electron chi connectivity index (χ0n) is 23.8. The van der Waals surface area contributed by atoms with Gasteiger partial charge in [0.05, 0.1) is 58.4 Å². The smallest absolute Gasteiger partial charge is 0.356 e. The van der Waals surface area contributed by atoms with Crippen molar-refractivity contribution < 1.29 is 38.1 Å². The topological polar surface area (TPSA) is 114 Å². The zero-order chi connectivity index (χ0) is 30.2. The maximum Gasteiger partial charge on any atom is 0.356 e. The van der Waals surface area contributed by atoms with Gasteiger partial charge in [0, 0.05) is 23.9 Å². The van der Waals surface area contributed by atoms with Crippen LogP contribution < -0.4 is 0 Å². The van der Waals surface area contributed by atoms with Crippen molar-refractivity contribution in [2.45, 2.75) is 37.5 Å². The number of carbonyl (C=O) groups is 4. The monoisotopic (exact) mass is 612 g/mol. The van der Waals surface area contributed by atoms with Crippen molar-refractivity contribution in [3.8, 4) is 0 Å². The van der Waals surface area contributed by atoms with E-state index in [0.717, 1.165) is 0 Å². The number of carbonyl (C=O) groups excluding carboxylic acids is 4. The second-order valence-corrected chi connectivity index (χ2v) is 10.8. The molecule has 10 nitrogen and oxygen atoms in total. The normalized spacial score (nSPS) is 11.0. The van der Waals surface area contributed by atoms with Crippen LogP contribution in [0.25, 0.3) is 11.0 Å². The Labute approximate surface area is 251 Å². The fourth-order valence-corrected chi connectivity index (χ4v) is 6.90. The minimum Gasteiger partial charge on any atom is -0.462 e. The first kappa shape index (κ1) is 31.0.